The predicted molar refractivity (Wildman–Crippen MR) is 96.0 cm³/mol. The third-order valence-electron chi connectivity index (χ3n) is 4.20. The number of nitrogens with one attached hydrogen (secondary N) is 1. The molecule has 0 radical (unpaired) electrons. The Morgan fingerprint density at radius 1 is 1.16 bits per heavy atom. The number of hydrogen-bond donors (Lipinski definition) is 1. The highest BCUT2D eigenvalue weighted by Gasteiger charge is 2.19. The van der Waals surface area contributed by atoms with Crippen molar-refractivity contribution in [2.45, 2.75) is 39.9 Å². The highest BCUT2D eigenvalue weighted by atomic mass is 16.7. The number of hydrogen-bond acceptors (Lipinski definition) is 5. The molecule has 132 valence electrons. The standard InChI is InChI=1S/C19H22N2O4/c1-10(2)24-19(22)25-18-11(3)16-15(9-20-18)21-14-8-6-7-13(17(14)16)12(4)23-5/h6-10,12,21H,1-5H3. The molecule has 25 heavy (non-hydrogen) atoms. The Labute approximate surface area is 146 Å². The lowest BCUT2D eigenvalue weighted by atomic mass is 10.0. The summed E-state index contributed by atoms with van der Waals surface area (Å²) in [5.74, 6) is 0.249. The Kier molecular flexibility index (Phi) is 4.63. The molecule has 0 aliphatic heterocycles. The molecule has 1 N–H and O–H groups in total. The summed E-state index contributed by atoms with van der Waals surface area (Å²) in [5.41, 5.74) is 3.72. The molecule has 2 heterocycles. The third-order valence-corrected chi connectivity index (χ3v) is 4.20. The van der Waals surface area contributed by atoms with Gasteiger partial charge in [0.15, 0.2) is 0 Å². The number of carbonyl (C=O) groups excluding carboxylic acids is 1. The first kappa shape index (κ1) is 17.2. The summed E-state index contributed by atoms with van der Waals surface area (Å²) in [5, 5.41) is 2.02. The lowest BCUT2D eigenvalue weighted by Crippen LogP contribution is -2.16. The fourth-order valence-corrected chi connectivity index (χ4v) is 2.97. The SMILES string of the molecule is COC(C)c1cccc2[nH]c3cnc(OC(=O)OC(C)C)c(C)c3c12. The van der Waals surface area contributed by atoms with E-state index in [4.69, 9.17) is 14.2 Å². The molecule has 0 bridgehead atoms. The van der Waals surface area contributed by atoms with Gasteiger partial charge in [-0.1, -0.05) is 12.1 Å². The molecule has 2 aromatic heterocycles. The molecule has 6 nitrogen and oxygen atoms in total. The lowest BCUT2D eigenvalue weighted by Gasteiger charge is -2.13. The maximum atomic E-state index is 11.8. The molecule has 0 aliphatic carbocycles. The fraction of sp³-hybridized carbons (Fsp3) is 0.368. The zero-order valence-corrected chi connectivity index (χ0v) is 15.0. The minimum absolute atomic E-state index is 0.0643. The summed E-state index contributed by atoms with van der Waals surface area (Å²) in [4.78, 5) is 19.4. The molecule has 1 atom stereocenters. The van der Waals surface area contributed by atoms with Gasteiger partial charge in [0.2, 0.25) is 5.88 Å². The molecular weight excluding hydrogens is 320 g/mol. The number of ether oxygens (including phenoxy) is 3. The normalized spacial score (nSPS) is 12.7. The highest BCUT2D eigenvalue weighted by Crippen LogP contribution is 2.36. The molecule has 0 fully saturated rings. The zero-order chi connectivity index (χ0) is 18.1. The van der Waals surface area contributed by atoms with Crippen molar-refractivity contribution in [3.8, 4) is 5.88 Å². The summed E-state index contributed by atoms with van der Waals surface area (Å²) >= 11 is 0. The number of nitrogens with zero attached hydrogens (tertiary/aromatic N) is 1. The van der Waals surface area contributed by atoms with Crippen molar-refractivity contribution in [3.05, 3.63) is 35.5 Å². The van der Waals surface area contributed by atoms with Crippen LogP contribution >= 0.6 is 0 Å². The Morgan fingerprint density at radius 3 is 2.60 bits per heavy atom. The first-order valence-corrected chi connectivity index (χ1v) is 8.23. The number of benzene rings is 1. The smallest absolute Gasteiger partial charge is 0.431 e. The second kappa shape index (κ2) is 6.72. The van der Waals surface area contributed by atoms with E-state index >= 15 is 0 Å². The van der Waals surface area contributed by atoms with Gasteiger partial charge in [0, 0.05) is 29.0 Å². The van der Waals surface area contributed by atoms with E-state index in [0.717, 1.165) is 32.9 Å². The topological polar surface area (TPSA) is 73.4 Å². The first-order valence-electron chi connectivity index (χ1n) is 8.23. The van der Waals surface area contributed by atoms with Crippen LogP contribution in [-0.4, -0.2) is 29.3 Å². The van der Waals surface area contributed by atoms with Crippen LogP contribution in [0.2, 0.25) is 0 Å². The maximum Gasteiger partial charge on any atom is 0.515 e. The molecular formula is C19H22N2O4. The van der Waals surface area contributed by atoms with E-state index in [2.05, 4.69) is 9.97 Å². The first-order chi connectivity index (χ1) is 11.9. The van der Waals surface area contributed by atoms with Gasteiger partial charge in [0.05, 0.1) is 23.9 Å². The Balaban J connectivity index is 2.16. The number of H-pyrrole nitrogens is 1. The lowest BCUT2D eigenvalue weighted by molar-refractivity contribution is 0.0714. The molecule has 0 saturated carbocycles. The van der Waals surface area contributed by atoms with E-state index in [-0.39, 0.29) is 18.1 Å². The van der Waals surface area contributed by atoms with Crippen LogP contribution in [0.25, 0.3) is 21.8 Å². The van der Waals surface area contributed by atoms with Crippen molar-refractivity contribution in [1.29, 1.82) is 0 Å². The molecule has 6 heteroatoms. The van der Waals surface area contributed by atoms with Crippen molar-refractivity contribution in [3.63, 3.8) is 0 Å². The van der Waals surface area contributed by atoms with Gasteiger partial charge < -0.3 is 19.2 Å². The van der Waals surface area contributed by atoms with Gasteiger partial charge in [-0.15, -0.1) is 0 Å². The van der Waals surface area contributed by atoms with Crippen LogP contribution in [0, 0.1) is 6.92 Å². The van der Waals surface area contributed by atoms with Crippen molar-refractivity contribution in [2.24, 2.45) is 0 Å². The number of pyridine rings is 1. The number of rotatable bonds is 4. The number of methoxy groups -OCH3 is 1. The van der Waals surface area contributed by atoms with Gasteiger partial charge in [-0.3, -0.25) is 0 Å². The van der Waals surface area contributed by atoms with Crippen LogP contribution in [0.5, 0.6) is 5.88 Å². The quantitative estimate of drug-likeness (QED) is 0.698. The average Bonchev–Trinajstić information content (AvgIpc) is 2.95. The molecule has 1 unspecified atom stereocenters. The monoisotopic (exact) mass is 342 g/mol. The predicted octanol–water partition coefficient (Wildman–Crippen LogP) is 4.66. The van der Waals surface area contributed by atoms with Crippen LogP contribution in [0.3, 0.4) is 0 Å². The summed E-state index contributed by atoms with van der Waals surface area (Å²) in [6, 6.07) is 6.04. The number of aromatic nitrogens is 2. The Morgan fingerprint density at radius 2 is 1.92 bits per heavy atom. The number of carbonyl (C=O) groups is 1. The zero-order valence-electron chi connectivity index (χ0n) is 15.0. The van der Waals surface area contributed by atoms with Gasteiger partial charge in [-0.25, -0.2) is 9.78 Å². The van der Waals surface area contributed by atoms with E-state index in [1.165, 1.54) is 0 Å². The van der Waals surface area contributed by atoms with Crippen LogP contribution in [0.4, 0.5) is 4.79 Å². The maximum absolute atomic E-state index is 11.8. The van der Waals surface area contributed by atoms with Gasteiger partial charge >= 0.3 is 6.16 Å². The largest absolute Gasteiger partial charge is 0.515 e. The summed E-state index contributed by atoms with van der Waals surface area (Å²) < 4.78 is 15.8. The summed E-state index contributed by atoms with van der Waals surface area (Å²) in [7, 11) is 1.68. The van der Waals surface area contributed by atoms with Crippen molar-refractivity contribution < 1.29 is 19.0 Å². The highest BCUT2D eigenvalue weighted by molar-refractivity contribution is 6.11. The van der Waals surface area contributed by atoms with E-state index in [1.54, 1.807) is 27.2 Å². The van der Waals surface area contributed by atoms with Crippen LogP contribution in [0.15, 0.2) is 24.4 Å². The van der Waals surface area contributed by atoms with Gasteiger partial charge in [-0.2, -0.15) is 0 Å². The second-order valence-corrected chi connectivity index (χ2v) is 6.27. The van der Waals surface area contributed by atoms with Gasteiger partial charge in [0.1, 0.15) is 0 Å². The van der Waals surface area contributed by atoms with Crippen LogP contribution in [-0.2, 0) is 9.47 Å². The van der Waals surface area contributed by atoms with Gasteiger partial charge in [0.25, 0.3) is 0 Å². The molecule has 1 aromatic carbocycles. The summed E-state index contributed by atoms with van der Waals surface area (Å²) in [6.07, 6.45) is 0.598. The molecule has 3 rings (SSSR count). The Hall–Kier alpha value is -2.60. The molecule has 3 aromatic rings. The second-order valence-electron chi connectivity index (χ2n) is 6.27. The Bertz CT molecular complexity index is 930. The fourth-order valence-electron chi connectivity index (χ4n) is 2.97. The van der Waals surface area contributed by atoms with Gasteiger partial charge in [-0.05, 0) is 39.3 Å². The van der Waals surface area contributed by atoms with E-state index in [0.29, 0.717) is 0 Å². The van der Waals surface area contributed by atoms with Crippen LogP contribution < -0.4 is 4.74 Å². The number of aromatic amines is 1. The van der Waals surface area contributed by atoms with Crippen molar-refractivity contribution >= 4 is 28.0 Å². The number of aryl methyl sites for hydroxylation is 1. The van der Waals surface area contributed by atoms with Crippen molar-refractivity contribution in [1.82, 2.24) is 9.97 Å². The molecule has 0 aliphatic rings. The third kappa shape index (κ3) is 3.17. The van der Waals surface area contributed by atoms with Crippen LogP contribution in [0.1, 0.15) is 38.0 Å². The number of fused-ring (bicyclic) bond motifs is 3. The minimum Gasteiger partial charge on any atom is -0.431 e. The average molecular weight is 342 g/mol. The molecule has 0 spiro atoms. The molecule has 0 amide bonds. The minimum atomic E-state index is -0.754. The van der Waals surface area contributed by atoms with E-state index < -0.39 is 6.16 Å². The molecule has 0 saturated heterocycles. The van der Waals surface area contributed by atoms with Crippen molar-refractivity contribution in [2.75, 3.05) is 7.11 Å². The van der Waals surface area contributed by atoms with E-state index in [9.17, 15) is 4.79 Å². The summed E-state index contributed by atoms with van der Waals surface area (Å²) in [6.45, 7) is 7.42. The van der Waals surface area contributed by atoms with E-state index in [1.807, 2.05) is 32.0 Å².